The van der Waals surface area contributed by atoms with E-state index < -0.39 is 10.0 Å². The second-order valence-corrected chi connectivity index (χ2v) is 8.05. The summed E-state index contributed by atoms with van der Waals surface area (Å²) in [4.78, 5) is 13.4. The molecule has 0 saturated heterocycles. The van der Waals surface area contributed by atoms with E-state index in [1.807, 2.05) is 6.92 Å². The van der Waals surface area contributed by atoms with Crippen LogP contribution in [-0.2, 0) is 19.6 Å². The lowest BCUT2D eigenvalue weighted by Gasteiger charge is -2.09. The maximum absolute atomic E-state index is 12.4. The van der Waals surface area contributed by atoms with Crippen LogP contribution in [0, 0.1) is 13.8 Å². The molecule has 2 aromatic rings. The third-order valence-electron chi connectivity index (χ3n) is 2.98. The highest BCUT2D eigenvalue weighted by Crippen LogP contribution is 2.27. The number of thiophene rings is 1. The number of amides is 1. The predicted molar refractivity (Wildman–Crippen MR) is 91.5 cm³/mol. The number of methoxy groups -OCH3 is 1. The van der Waals surface area contributed by atoms with Crippen LogP contribution in [0.1, 0.15) is 9.75 Å². The van der Waals surface area contributed by atoms with Crippen molar-refractivity contribution < 1.29 is 17.9 Å². The zero-order valence-electron chi connectivity index (χ0n) is 13.0. The standard InChI is InChI=1S/C15H18N2O4S2/c1-10-8-14(11(2)22-10)23(19,20)17-13-6-4-12(5-7-13)16-15(18)9-21-3/h4-8,17H,9H2,1-3H3,(H,16,18). The first-order chi connectivity index (χ1) is 10.8. The minimum absolute atomic E-state index is 0.0365. The Balaban J connectivity index is 2.11. The fourth-order valence-corrected chi connectivity index (χ4v) is 4.65. The van der Waals surface area contributed by atoms with Crippen molar-refractivity contribution in [1.29, 1.82) is 0 Å². The molecular formula is C15H18N2O4S2. The Kier molecular flexibility index (Phi) is 5.40. The van der Waals surface area contributed by atoms with E-state index in [2.05, 4.69) is 10.0 Å². The molecular weight excluding hydrogens is 336 g/mol. The molecule has 23 heavy (non-hydrogen) atoms. The van der Waals surface area contributed by atoms with Gasteiger partial charge in [0.05, 0.1) is 0 Å². The predicted octanol–water partition coefficient (Wildman–Crippen LogP) is 2.75. The summed E-state index contributed by atoms with van der Waals surface area (Å²) in [5.41, 5.74) is 0.996. The van der Waals surface area contributed by atoms with Crippen molar-refractivity contribution in [1.82, 2.24) is 0 Å². The molecule has 1 amide bonds. The number of carbonyl (C=O) groups is 1. The molecule has 0 spiro atoms. The number of benzene rings is 1. The maximum atomic E-state index is 12.4. The lowest BCUT2D eigenvalue weighted by atomic mass is 10.3. The Labute approximate surface area is 139 Å². The molecule has 6 nitrogen and oxygen atoms in total. The zero-order valence-corrected chi connectivity index (χ0v) is 14.7. The average Bonchev–Trinajstić information content (AvgIpc) is 2.81. The first-order valence-electron chi connectivity index (χ1n) is 6.80. The molecule has 0 radical (unpaired) electrons. The quantitative estimate of drug-likeness (QED) is 0.835. The molecule has 1 aromatic heterocycles. The minimum Gasteiger partial charge on any atom is -0.375 e. The summed E-state index contributed by atoms with van der Waals surface area (Å²) >= 11 is 1.44. The lowest BCUT2D eigenvalue weighted by molar-refractivity contribution is -0.119. The van der Waals surface area contributed by atoms with Crippen LogP contribution in [0.4, 0.5) is 11.4 Å². The smallest absolute Gasteiger partial charge is 0.262 e. The molecule has 0 atom stereocenters. The fourth-order valence-electron chi connectivity index (χ4n) is 2.03. The molecule has 0 aliphatic carbocycles. The van der Waals surface area contributed by atoms with Crippen molar-refractivity contribution in [2.24, 2.45) is 0 Å². The van der Waals surface area contributed by atoms with Crippen molar-refractivity contribution in [2.75, 3.05) is 23.8 Å². The molecule has 0 saturated carbocycles. The maximum Gasteiger partial charge on any atom is 0.262 e. The Morgan fingerprint density at radius 3 is 2.30 bits per heavy atom. The van der Waals surface area contributed by atoms with Gasteiger partial charge >= 0.3 is 0 Å². The summed E-state index contributed by atoms with van der Waals surface area (Å²) < 4.78 is 32.0. The van der Waals surface area contributed by atoms with Crippen molar-refractivity contribution in [3.63, 3.8) is 0 Å². The molecule has 8 heteroatoms. The topological polar surface area (TPSA) is 84.5 Å². The number of hydrogen-bond acceptors (Lipinski definition) is 5. The van der Waals surface area contributed by atoms with Crippen LogP contribution < -0.4 is 10.0 Å². The monoisotopic (exact) mass is 354 g/mol. The molecule has 2 N–H and O–H groups in total. The van der Waals surface area contributed by atoms with E-state index in [-0.39, 0.29) is 17.4 Å². The van der Waals surface area contributed by atoms with Crippen LogP contribution in [0.3, 0.4) is 0 Å². The van der Waals surface area contributed by atoms with Gasteiger partial charge in [0.2, 0.25) is 5.91 Å². The third-order valence-corrected chi connectivity index (χ3v) is 5.58. The van der Waals surface area contributed by atoms with E-state index in [1.54, 1.807) is 37.3 Å². The number of sulfonamides is 1. The fraction of sp³-hybridized carbons (Fsp3) is 0.267. The van der Waals surface area contributed by atoms with E-state index in [4.69, 9.17) is 4.74 Å². The van der Waals surface area contributed by atoms with Gasteiger partial charge in [-0.15, -0.1) is 11.3 Å². The summed E-state index contributed by atoms with van der Waals surface area (Å²) in [6, 6.07) is 8.08. The van der Waals surface area contributed by atoms with Gasteiger partial charge in [0, 0.05) is 28.2 Å². The Morgan fingerprint density at radius 1 is 1.17 bits per heavy atom. The van der Waals surface area contributed by atoms with E-state index >= 15 is 0 Å². The molecule has 0 aliphatic heterocycles. The van der Waals surface area contributed by atoms with Crippen LogP contribution in [0.2, 0.25) is 0 Å². The largest absolute Gasteiger partial charge is 0.375 e. The van der Waals surface area contributed by atoms with Crippen molar-refractivity contribution in [3.05, 3.63) is 40.1 Å². The number of aryl methyl sites for hydroxylation is 2. The molecule has 1 aromatic carbocycles. The van der Waals surface area contributed by atoms with Crippen molar-refractivity contribution in [3.8, 4) is 0 Å². The molecule has 2 rings (SSSR count). The summed E-state index contributed by atoms with van der Waals surface area (Å²) in [5.74, 6) is -0.273. The van der Waals surface area contributed by atoms with Gasteiger partial charge in [-0.25, -0.2) is 8.42 Å². The molecule has 0 bridgehead atoms. The minimum atomic E-state index is -3.61. The third kappa shape index (κ3) is 4.54. The highest BCUT2D eigenvalue weighted by atomic mass is 32.2. The second-order valence-electron chi connectivity index (χ2n) is 4.94. The summed E-state index contributed by atoms with van der Waals surface area (Å²) in [6.07, 6.45) is 0. The molecule has 124 valence electrons. The van der Waals surface area contributed by atoms with Crippen LogP contribution in [0.5, 0.6) is 0 Å². The van der Waals surface area contributed by atoms with E-state index in [0.717, 1.165) is 9.75 Å². The summed E-state index contributed by atoms with van der Waals surface area (Å²) in [6.45, 7) is 3.61. The number of ether oxygens (including phenoxy) is 1. The number of nitrogens with one attached hydrogen (secondary N) is 2. The van der Waals surface area contributed by atoms with Crippen LogP contribution in [0.15, 0.2) is 35.2 Å². The Morgan fingerprint density at radius 2 is 1.78 bits per heavy atom. The number of carbonyl (C=O) groups excluding carboxylic acids is 1. The molecule has 0 fully saturated rings. The van der Waals surface area contributed by atoms with E-state index in [9.17, 15) is 13.2 Å². The lowest BCUT2D eigenvalue weighted by Crippen LogP contribution is -2.17. The van der Waals surface area contributed by atoms with Gasteiger partial charge in [0.25, 0.3) is 10.0 Å². The van der Waals surface area contributed by atoms with Crippen molar-refractivity contribution in [2.45, 2.75) is 18.7 Å². The normalized spacial score (nSPS) is 11.3. The highest BCUT2D eigenvalue weighted by Gasteiger charge is 2.19. The van der Waals surface area contributed by atoms with Gasteiger partial charge in [-0.1, -0.05) is 0 Å². The van der Waals surface area contributed by atoms with Crippen molar-refractivity contribution >= 4 is 38.6 Å². The number of anilines is 2. The average molecular weight is 354 g/mol. The van der Waals surface area contributed by atoms with Gasteiger partial charge in [-0.3, -0.25) is 9.52 Å². The highest BCUT2D eigenvalue weighted by molar-refractivity contribution is 7.93. The number of rotatable bonds is 6. The molecule has 0 unspecified atom stereocenters. The van der Waals surface area contributed by atoms with Crippen LogP contribution in [0.25, 0.3) is 0 Å². The van der Waals surface area contributed by atoms with E-state index in [0.29, 0.717) is 11.4 Å². The summed E-state index contributed by atoms with van der Waals surface area (Å²) in [7, 11) is -2.18. The Hall–Kier alpha value is -1.90. The van der Waals surface area contributed by atoms with Gasteiger partial charge in [0.15, 0.2) is 0 Å². The van der Waals surface area contributed by atoms with Gasteiger partial charge in [-0.2, -0.15) is 0 Å². The molecule has 1 heterocycles. The van der Waals surface area contributed by atoms with Crippen LogP contribution >= 0.6 is 11.3 Å². The Bertz CT molecular complexity index is 795. The van der Waals surface area contributed by atoms with Gasteiger partial charge < -0.3 is 10.1 Å². The van der Waals surface area contributed by atoms with Crippen LogP contribution in [-0.4, -0.2) is 28.0 Å². The van der Waals surface area contributed by atoms with Gasteiger partial charge in [-0.05, 0) is 44.2 Å². The SMILES string of the molecule is COCC(=O)Nc1ccc(NS(=O)(=O)c2cc(C)sc2C)cc1. The molecule has 0 aliphatic rings. The summed E-state index contributed by atoms with van der Waals surface area (Å²) in [5, 5.41) is 2.64. The first-order valence-corrected chi connectivity index (χ1v) is 9.10. The van der Waals surface area contributed by atoms with Gasteiger partial charge in [0.1, 0.15) is 11.5 Å². The zero-order chi connectivity index (χ0) is 17.0. The first kappa shape index (κ1) is 17.5. The van der Waals surface area contributed by atoms with E-state index in [1.165, 1.54) is 18.4 Å². The second kappa shape index (κ2) is 7.12. The number of hydrogen-bond donors (Lipinski definition) is 2.